The molecule has 0 aliphatic rings. The molecule has 0 aliphatic carbocycles. The van der Waals surface area contributed by atoms with E-state index >= 15 is 0 Å². The lowest BCUT2D eigenvalue weighted by molar-refractivity contribution is -0.134. The SMILES string of the molecule is O=CNN(C=O)NC=O. The Bertz CT molecular complexity index is 105. The Kier molecular flexibility index (Phi) is 3.76. The van der Waals surface area contributed by atoms with Gasteiger partial charge in [-0.25, -0.2) is 10.9 Å². The van der Waals surface area contributed by atoms with Crippen molar-refractivity contribution < 1.29 is 14.4 Å². The van der Waals surface area contributed by atoms with Gasteiger partial charge in [-0.05, 0) is 0 Å². The molecule has 0 bridgehead atoms. The maximum absolute atomic E-state index is 9.77. The molecule has 0 heterocycles. The van der Waals surface area contributed by atoms with Gasteiger partial charge < -0.3 is 0 Å². The Morgan fingerprint density at radius 1 is 1.00 bits per heavy atom. The van der Waals surface area contributed by atoms with Crippen LogP contribution in [0.2, 0.25) is 0 Å². The second-order valence-corrected chi connectivity index (χ2v) is 0.969. The molecule has 0 radical (unpaired) electrons. The van der Waals surface area contributed by atoms with E-state index in [1.54, 1.807) is 0 Å². The summed E-state index contributed by atoms with van der Waals surface area (Å²) in [5.74, 6) is 0. The van der Waals surface area contributed by atoms with Crippen LogP contribution in [0.3, 0.4) is 0 Å². The molecule has 2 N–H and O–H groups in total. The highest BCUT2D eigenvalue weighted by molar-refractivity contribution is 5.57. The highest BCUT2D eigenvalue weighted by Gasteiger charge is 1.91. The molecule has 6 heteroatoms. The topological polar surface area (TPSA) is 78.5 Å². The van der Waals surface area contributed by atoms with Crippen LogP contribution in [0.25, 0.3) is 0 Å². The number of carbonyl (C=O) groups excluding carboxylic acids is 3. The Balaban J connectivity index is 3.51. The first kappa shape index (κ1) is 7.41. The predicted octanol–water partition coefficient (Wildman–Crippen LogP) is -2.23. The molecule has 9 heavy (non-hydrogen) atoms. The zero-order valence-electron chi connectivity index (χ0n) is 4.40. The lowest BCUT2D eigenvalue weighted by Gasteiger charge is -2.10. The zero-order valence-corrected chi connectivity index (χ0v) is 4.40. The molecule has 3 amide bonds. The maximum Gasteiger partial charge on any atom is 0.248 e. The van der Waals surface area contributed by atoms with E-state index in [2.05, 4.69) is 0 Å². The Hall–Kier alpha value is -1.59. The average Bonchev–Trinajstić information content (AvgIpc) is 1.88. The van der Waals surface area contributed by atoms with Crippen molar-refractivity contribution in [2.45, 2.75) is 0 Å². The number of hydrogen-bond acceptors (Lipinski definition) is 3. The fourth-order valence-electron chi connectivity index (χ4n) is 0.212. The normalized spacial score (nSPS) is 7.11. The van der Waals surface area contributed by atoms with Crippen molar-refractivity contribution in [1.82, 2.24) is 16.0 Å². The van der Waals surface area contributed by atoms with Crippen LogP contribution in [0, 0.1) is 0 Å². The van der Waals surface area contributed by atoms with Crippen molar-refractivity contribution in [3.63, 3.8) is 0 Å². The molecule has 0 spiro atoms. The van der Waals surface area contributed by atoms with Gasteiger partial charge >= 0.3 is 0 Å². The summed E-state index contributed by atoms with van der Waals surface area (Å²) in [6, 6.07) is 0. The average molecular weight is 131 g/mol. The van der Waals surface area contributed by atoms with Crippen LogP contribution in [-0.2, 0) is 14.4 Å². The van der Waals surface area contributed by atoms with Crippen molar-refractivity contribution >= 4 is 19.2 Å². The van der Waals surface area contributed by atoms with Crippen molar-refractivity contribution in [2.75, 3.05) is 0 Å². The second kappa shape index (κ2) is 4.57. The van der Waals surface area contributed by atoms with Crippen molar-refractivity contribution in [2.24, 2.45) is 0 Å². The van der Waals surface area contributed by atoms with E-state index in [9.17, 15) is 14.4 Å². The van der Waals surface area contributed by atoms with Gasteiger partial charge in [-0.3, -0.25) is 14.4 Å². The predicted molar refractivity (Wildman–Crippen MR) is 26.3 cm³/mol. The molecule has 0 aromatic carbocycles. The van der Waals surface area contributed by atoms with Gasteiger partial charge in [0.25, 0.3) is 0 Å². The number of hydrogen-bond donors (Lipinski definition) is 2. The minimum atomic E-state index is 0.239. The summed E-state index contributed by atoms with van der Waals surface area (Å²) in [6.07, 6.45) is 0.749. The first-order chi connectivity index (χ1) is 4.35. The lowest BCUT2D eigenvalue weighted by atomic mass is 11.2. The molecule has 0 fully saturated rings. The highest BCUT2D eigenvalue weighted by Crippen LogP contribution is 1.56. The second-order valence-electron chi connectivity index (χ2n) is 0.969. The summed E-state index contributed by atoms with van der Waals surface area (Å²) in [6.45, 7) is 0. The molecule has 0 atom stereocenters. The third-order valence-electron chi connectivity index (χ3n) is 0.489. The van der Waals surface area contributed by atoms with E-state index in [1.165, 1.54) is 0 Å². The van der Waals surface area contributed by atoms with Crippen molar-refractivity contribution in [1.29, 1.82) is 0 Å². The third kappa shape index (κ3) is 3.03. The van der Waals surface area contributed by atoms with Gasteiger partial charge in [0.2, 0.25) is 19.2 Å². The van der Waals surface area contributed by atoms with Gasteiger partial charge in [-0.1, -0.05) is 0 Å². The van der Waals surface area contributed by atoms with Crippen molar-refractivity contribution in [3.05, 3.63) is 0 Å². The van der Waals surface area contributed by atoms with Crippen LogP contribution in [0.1, 0.15) is 0 Å². The van der Waals surface area contributed by atoms with Gasteiger partial charge in [0.05, 0.1) is 0 Å². The number of nitrogens with one attached hydrogen (secondary N) is 2. The minimum Gasteiger partial charge on any atom is -0.277 e. The highest BCUT2D eigenvalue weighted by atomic mass is 16.2. The van der Waals surface area contributed by atoms with Crippen LogP contribution in [0.4, 0.5) is 0 Å². The van der Waals surface area contributed by atoms with Gasteiger partial charge in [-0.15, -0.1) is 0 Å². The first-order valence-electron chi connectivity index (χ1n) is 1.99. The monoisotopic (exact) mass is 131 g/mol. The standard InChI is InChI=1S/C3H5N3O3/c7-1-4-6(3-9)5-2-8/h1-3H,(H,4,7)(H,5,8). The van der Waals surface area contributed by atoms with Crippen LogP contribution in [0.5, 0.6) is 0 Å². The van der Waals surface area contributed by atoms with E-state index in [1.807, 2.05) is 10.9 Å². The number of carbonyl (C=O) groups is 3. The first-order valence-corrected chi connectivity index (χ1v) is 1.99. The number of rotatable bonds is 5. The van der Waals surface area contributed by atoms with E-state index in [4.69, 9.17) is 0 Å². The molecule has 0 saturated carbocycles. The maximum atomic E-state index is 9.77. The number of hydrazine groups is 2. The van der Waals surface area contributed by atoms with Crippen LogP contribution in [0.15, 0.2) is 0 Å². The largest absolute Gasteiger partial charge is 0.277 e. The summed E-state index contributed by atoms with van der Waals surface area (Å²) in [7, 11) is 0. The Morgan fingerprint density at radius 2 is 1.44 bits per heavy atom. The molecule has 6 nitrogen and oxygen atoms in total. The van der Waals surface area contributed by atoms with E-state index < -0.39 is 0 Å². The fraction of sp³-hybridized carbons (Fsp3) is 0. The number of amides is 3. The Labute approximate surface area is 50.8 Å². The summed E-state index contributed by atoms with van der Waals surface area (Å²) >= 11 is 0. The lowest BCUT2D eigenvalue weighted by Crippen LogP contribution is -2.45. The summed E-state index contributed by atoms with van der Waals surface area (Å²) < 4.78 is 0. The van der Waals surface area contributed by atoms with Crippen LogP contribution >= 0.6 is 0 Å². The van der Waals surface area contributed by atoms with E-state index in [-0.39, 0.29) is 19.2 Å². The van der Waals surface area contributed by atoms with Crippen LogP contribution < -0.4 is 10.9 Å². The fourth-order valence-corrected chi connectivity index (χ4v) is 0.212. The number of nitrogens with zero attached hydrogens (tertiary/aromatic N) is 1. The summed E-state index contributed by atoms with van der Waals surface area (Å²) in [5.41, 5.74) is 3.75. The molecule has 0 saturated heterocycles. The Morgan fingerprint density at radius 3 is 1.67 bits per heavy atom. The summed E-state index contributed by atoms with van der Waals surface area (Å²) in [4.78, 5) is 28.9. The minimum absolute atomic E-state index is 0.239. The zero-order chi connectivity index (χ0) is 7.11. The summed E-state index contributed by atoms with van der Waals surface area (Å²) in [5, 5.41) is 0.569. The molecule has 0 aromatic rings. The van der Waals surface area contributed by atoms with Crippen LogP contribution in [-0.4, -0.2) is 24.3 Å². The van der Waals surface area contributed by atoms with Gasteiger partial charge in [0.15, 0.2) is 0 Å². The molecular formula is C3H5N3O3. The molecule has 0 unspecified atom stereocenters. The van der Waals surface area contributed by atoms with Gasteiger partial charge in [0, 0.05) is 0 Å². The third-order valence-corrected chi connectivity index (χ3v) is 0.489. The smallest absolute Gasteiger partial charge is 0.248 e. The van der Waals surface area contributed by atoms with Gasteiger partial charge in [-0.2, -0.15) is 5.12 Å². The van der Waals surface area contributed by atoms with Gasteiger partial charge in [0.1, 0.15) is 0 Å². The molecule has 0 aliphatic heterocycles. The molecular weight excluding hydrogens is 126 g/mol. The molecule has 50 valence electrons. The van der Waals surface area contributed by atoms with E-state index in [0.717, 1.165) is 0 Å². The van der Waals surface area contributed by atoms with Crippen molar-refractivity contribution in [3.8, 4) is 0 Å². The molecule has 0 aromatic heterocycles. The quantitative estimate of drug-likeness (QED) is 0.327. The molecule has 0 rings (SSSR count). The van der Waals surface area contributed by atoms with E-state index in [0.29, 0.717) is 5.12 Å².